The highest BCUT2D eigenvalue weighted by Gasteiger charge is 2.13. The maximum Gasteiger partial charge on any atom is 0.259 e. The van der Waals surface area contributed by atoms with Crippen molar-refractivity contribution in [3.05, 3.63) is 89.2 Å². The highest BCUT2D eigenvalue weighted by atomic mass is 16.5. The molecule has 4 heteroatoms. The van der Waals surface area contributed by atoms with Crippen LogP contribution in [-0.4, -0.2) is 10.9 Å². The molecule has 25 heavy (non-hydrogen) atoms. The lowest BCUT2D eigenvalue weighted by Crippen LogP contribution is -2.13. The molecule has 1 N–H and O–H groups in total. The minimum Gasteiger partial charge on any atom is -0.488 e. The van der Waals surface area contributed by atoms with E-state index in [4.69, 9.17) is 4.74 Å². The summed E-state index contributed by atoms with van der Waals surface area (Å²) in [5.74, 6) is 0.342. The Labute approximate surface area is 147 Å². The lowest BCUT2D eigenvalue weighted by atomic mass is 10.1. The molecule has 0 aliphatic carbocycles. The number of aryl methyl sites for hydroxylation is 2. The zero-order valence-electron chi connectivity index (χ0n) is 14.3. The number of para-hydroxylation sites is 1. The van der Waals surface area contributed by atoms with Gasteiger partial charge in [0.25, 0.3) is 5.91 Å². The second-order valence-electron chi connectivity index (χ2n) is 5.91. The Hall–Kier alpha value is -3.14. The molecule has 1 heterocycles. The number of carbonyl (C=O) groups is 1. The largest absolute Gasteiger partial charge is 0.488 e. The number of hydrogen-bond donors (Lipinski definition) is 1. The standard InChI is InChI=1S/C21H20N2O2/c1-15-9-10-16(2)17(12-15)14-25-20-8-4-3-7-19(20)21(24)23-18-6-5-11-22-13-18/h3-13H,14H2,1-2H3,(H,23,24). The van der Waals surface area contributed by atoms with Crippen LogP contribution >= 0.6 is 0 Å². The Morgan fingerprint density at radius 2 is 1.92 bits per heavy atom. The molecule has 0 fully saturated rings. The molecule has 0 spiro atoms. The van der Waals surface area contributed by atoms with Crippen LogP contribution in [0.4, 0.5) is 5.69 Å². The van der Waals surface area contributed by atoms with E-state index in [9.17, 15) is 4.79 Å². The van der Waals surface area contributed by atoms with E-state index in [1.807, 2.05) is 18.2 Å². The summed E-state index contributed by atoms with van der Waals surface area (Å²) in [6, 6.07) is 17.1. The molecule has 4 nitrogen and oxygen atoms in total. The molecule has 126 valence electrons. The van der Waals surface area contributed by atoms with Gasteiger partial charge in [-0.15, -0.1) is 0 Å². The second kappa shape index (κ2) is 7.62. The molecular weight excluding hydrogens is 312 g/mol. The van der Waals surface area contributed by atoms with Gasteiger partial charge in [-0.2, -0.15) is 0 Å². The molecule has 1 aromatic heterocycles. The lowest BCUT2D eigenvalue weighted by Gasteiger charge is -2.13. The third-order valence-corrected chi connectivity index (χ3v) is 3.94. The number of benzene rings is 2. The molecule has 2 aromatic carbocycles. The molecule has 3 aromatic rings. The molecule has 0 aliphatic heterocycles. The highest BCUT2D eigenvalue weighted by Crippen LogP contribution is 2.22. The minimum atomic E-state index is -0.218. The summed E-state index contributed by atoms with van der Waals surface area (Å²) in [6.07, 6.45) is 3.27. The van der Waals surface area contributed by atoms with E-state index in [1.165, 1.54) is 11.1 Å². The van der Waals surface area contributed by atoms with Crippen LogP contribution in [0.3, 0.4) is 0 Å². The van der Waals surface area contributed by atoms with Gasteiger partial charge in [0.1, 0.15) is 12.4 Å². The average molecular weight is 332 g/mol. The third-order valence-electron chi connectivity index (χ3n) is 3.94. The van der Waals surface area contributed by atoms with Crippen molar-refractivity contribution in [1.29, 1.82) is 0 Å². The number of nitrogens with zero attached hydrogens (tertiary/aromatic N) is 1. The molecule has 0 unspecified atom stereocenters. The van der Waals surface area contributed by atoms with Crippen molar-refractivity contribution < 1.29 is 9.53 Å². The number of carbonyl (C=O) groups excluding carboxylic acids is 1. The fraction of sp³-hybridized carbons (Fsp3) is 0.143. The van der Waals surface area contributed by atoms with Crippen molar-refractivity contribution in [2.24, 2.45) is 0 Å². The number of rotatable bonds is 5. The molecule has 0 atom stereocenters. The topological polar surface area (TPSA) is 51.2 Å². The van der Waals surface area contributed by atoms with Crippen molar-refractivity contribution in [1.82, 2.24) is 4.98 Å². The SMILES string of the molecule is Cc1ccc(C)c(COc2ccccc2C(=O)Nc2cccnc2)c1. The van der Waals surface area contributed by atoms with Crippen LogP contribution < -0.4 is 10.1 Å². The van der Waals surface area contributed by atoms with Crippen LogP contribution in [0.25, 0.3) is 0 Å². The summed E-state index contributed by atoms with van der Waals surface area (Å²) in [4.78, 5) is 16.6. The molecule has 0 bridgehead atoms. The van der Waals surface area contributed by atoms with Gasteiger partial charge >= 0.3 is 0 Å². The summed E-state index contributed by atoms with van der Waals surface area (Å²) in [6.45, 7) is 4.53. The van der Waals surface area contributed by atoms with Crippen molar-refractivity contribution in [2.75, 3.05) is 5.32 Å². The Balaban J connectivity index is 1.76. The van der Waals surface area contributed by atoms with Gasteiger partial charge in [0, 0.05) is 6.20 Å². The molecule has 3 rings (SSSR count). The molecule has 0 radical (unpaired) electrons. The maximum absolute atomic E-state index is 12.5. The second-order valence-corrected chi connectivity index (χ2v) is 5.91. The quantitative estimate of drug-likeness (QED) is 0.747. The number of aromatic nitrogens is 1. The van der Waals surface area contributed by atoms with E-state index in [2.05, 4.69) is 42.3 Å². The van der Waals surface area contributed by atoms with E-state index >= 15 is 0 Å². The smallest absolute Gasteiger partial charge is 0.259 e. The van der Waals surface area contributed by atoms with Crippen LogP contribution in [0.2, 0.25) is 0 Å². The predicted octanol–water partition coefficient (Wildman–Crippen LogP) is 4.53. The minimum absolute atomic E-state index is 0.218. The van der Waals surface area contributed by atoms with E-state index in [0.717, 1.165) is 5.56 Å². The monoisotopic (exact) mass is 332 g/mol. The van der Waals surface area contributed by atoms with Crippen molar-refractivity contribution in [3.63, 3.8) is 0 Å². The van der Waals surface area contributed by atoms with Crippen molar-refractivity contribution in [2.45, 2.75) is 20.5 Å². The number of anilines is 1. The van der Waals surface area contributed by atoms with Crippen LogP contribution in [0.15, 0.2) is 67.0 Å². The number of pyridine rings is 1. The first-order valence-electron chi connectivity index (χ1n) is 8.13. The predicted molar refractivity (Wildman–Crippen MR) is 98.9 cm³/mol. The molecular formula is C21H20N2O2. The Morgan fingerprint density at radius 1 is 1.08 bits per heavy atom. The zero-order valence-corrected chi connectivity index (χ0v) is 14.3. The first kappa shape index (κ1) is 16.7. The van der Waals surface area contributed by atoms with Crippen molar-refractivity contribution >= 4 is 11.6 Å². The number of ether oxygens (including phenoxy) is 1. The molecule has 0 saturated carbocycles. The van der Waals surface area contributed by atoms with Gasteiger partial charge in [-0.3, -0.25) is 9.78 Å². The molecule has 0 saturated heterocycles. The van der Waals surface area contributed by atoms with Crippen LogP contribution in [0.5, 0.6) is 5.75 Å². The first-order chi connectivity index (χ1) is 12.1. The molecule has 1 amide bonds. The van der Waals surface area contributed by atoms with Crippen LogP contribution in [0.1, 0.15) is 27.0 Å². The summed E-state index contributed by atoms with van der Waals surface area (Å²) in [5.41, 5.74) is 4.62. The van der Waals surface area contributed by atoms with Gasteiger partial charge in [0.2, 0.25) is 0 Å². The molecule has 0 aliphatic rings. The Kier molecular flexibility index (Phi) is 5.09. The van der Waals surface area contributed by atoms with E-state index in [1.54, 1.807) is 30.6 Å². The van der Waals surface area contributed by atoms with Gasteiger partial charge in [-0.05, 0) is 49.2 Å². The van der Waals surface area contributed by atoms with Gasteiger partial charge in [-0.25, -0.2) is 0 Å². The summed E-state index contributed by atoms with van der Waals surface area (Å²) in [5, 5.41) is 2.84. The van der Waals surface area contributed by atoms with Gasteiger partial charge in [0.15, 0.2) is 0 Å². The van der Waals surface area contributed by atoms with Gasteiger partial charge in [0.05, 0.1) is 17.4 Å². The lowest BCUT2D eigenvalue weighted by molar-refractivity contribution is 0.102. The average Bonchev–Trinajstić information content (AvgIpc) is 2.63. The maximum atomic E-state index is 12.5. The highest BCUT2D eigenvalue weighted by molar-refractivity contribution is 6.06. The number of hydrogen-bond acceptors (Lipinski definition) is 3. The van der Waals surface area contributed by atoms with E-state index < -0.39 is 0 Å². The normalized spacial score (nSPS) is 10.3. The van der Waals surface area contributed by atoms with E-state index in [0.29, 0.717) is 23.6 Å². The fourth-order valence-corrected chi connectivity index (χ4v) is 2.53. The van der Waals surface area contributed by atoms with Gasteiger partial charge < -0.3 is 10.1 Å². The van der Waals surface area contributed by atoms with Crippen molar-refractivity contribution in [3.8, 4) is 5.75 Å². The summed E-state index contributed by atoms with van der Waals surface area (Å²) < 4.78 is 5.94. The number of amides is 1. The van der Waals surface area contributed by atoms with Gasteiger partial charge in [-0.1, -0.05) is 35.9 Å². The number of nitrogens with one attached hydrogen (secondary N) is 1. The summed E-state index contributed by atoms with van der Waals surface area (Å²) >= 11 is 0. The first-order valence-corrected chi connectivity index (χ1v) is 8.13. The summed E-state index contributed by atoms with van der Waals surface area (Å²) in [7, 11) is 0. The van der Waals surface area contributed by atoms with E-state index in [-0.39, 0.29) is 5.91 Å². The van der Waals surface area contributed by atoms with Crippen LogP contribution in [0, 0.1) is 13.8 Å². The Morgan fingerprint density at radius 3 is 2.72 bits per heavy atom. The third kappa shape index (κ3) is 4.23. The Bertz CT molecular complexity index is 876. The van der Waals surface area contributed by atoms with Crippen LogP contribution in [-0.2, 0) is 6.61 Å². The zero-order chi connectivity index (χ0) is 17.6. The fourth-order valence-electron chi connectivity index (χ4n) is 2.53.